The molecule has 1 aromatic carbocycles. The van der Waals surface area contributed by atoms with Crippen LogP contribution in [-0.2, 0) is 24.9 Å². The Labute approximate surface area is 157 Å². The molecule has 138 valence electrons. The molecule has 1 saturated heterocycles. The third-order valence-corrected chi connectivity index (χ3v) is 5.50. The molecule has 3 aromatic rings. The van der Waals surface area contributed by atoms with Crippen molar-refractivity contribution in [1.82, 2.24) is 24.2 Å². The Morgan fingerprint density at radius 1 is 1.19 bits per heavy atom. The van der Waals surface area contributed by atoms with Gasteiger partial charge in [-0.15, -0.1) is 0 Å². The number of benzene rings is 1. The number of aryl methyl sites for hydroxylation is 1. The Balaban J connectivity index is 1.39. The van der Waals surface area contributed by atoms with Gasteiger partial charge in [0.05, 0.1) is 25.0 Å². The van der Waals surface area contributed by atoms with Crippen molar-refractivity contribution in [3.05, 3.63) is 60.3 Å². The molecule has 1 spiro atoms. The van der Waals surface area contributed by atoms with Crippen molar-refractivity contribution >= 4 is 5.91 Å². The number of hydrogen-bond donors (Lipinski definition) is 0. The van der Waals surface area contributed by atoms with Crippen LogP contribution in [0.3, 0.4) is 0 Å². The van der Waals surface area contributed by atoms with Gasteiger partial charge in [-0.3, -0.25) is 9.48 Å². The molecule has 0 saturated carbocycles. The zero-order chi connectivity index (χ0) is 18.4. The fourth-order valence-corrected chi connectivity index (χ4v) is 4.05. The van der Waals surface area contributed by atoms with E-state index in [4.69, 9.17) is 4.74 Å². The van der Waals surface area contributed by atoms with Gasteiger partial charge in [0.15, 0.2) is 0 Å². The lowest BCUT2D eigenvalue weighted by Gasteiger charge is -2.35. The number of nitrogens with zero attached hydrogens (tertiary/aromatic N) is 5. The predicted octanol–water partition coefficient (Wildman–Crippen LogP) is 2.10. The summed E-state index contributed by atoms with van der Waals surface area (Å²) < 4.78 is 10.1. The number of amides is 1. The van der Waals surface area contributed by atoms with Crippen molar-refractivity contribution in [2.24, 2.45) is 7.05 Å². The number of aromatic nitrogens is 4. The van der Waals surface area contributed by atoms with Crippen molar-refractivity contribution in [3.8, 4) is 11.3 Å². The molecule has 27 heavy (non-hydrogen) atoms. The summed E-state index contributed by atoms with van der Waals surface area (Å²) in [5.41, 5.74) is 2.37. The summed E-state index contributed by atoms with van der Waals surface area (Å²) in [5, 5.41) is 4.24. The van der Waals surface area contributed by atoms with Crippen LogP contribution < -0.4 is 0 Å². The Kier molecular flexibility index (Phi) is 3.65. The lowest BCUT2D eigenvalue weighted by molar-refractivity contribution is -0.0804. The van der Waals surface area contributed by atoms with E-state index in [2.05, 4.69) is 26.8 Å². The summed E-state index contributed by atoms with van der Waals surface area (Å²) in [6.07, 6.45) is 4.52. The lowest BCUT2D eigenvalue weighted by atomic mass is 10.0. The molecular formula is C20H21N5O2. The normalized spacial score (nSPS) is 21.6. The van der Waals surface area contributed by atoms with Gasteiger partial charge < -0.3 is 14.2 Å². The van der Waals surface area contributed by atoms with E-state index in [0.29, 0.717) is 31.9 Å². The van der Waals surface area contributed by atoms with E-state index in [0.717, 1.165) is 23.5 Å². The molecule has 7 heteroatoms. The number of ether oxygens (including phenoxy) is 1. The quantitative estimate of drug-likeness (QED) is 0.699. The number of carbonyl (C=O) groups excluding carboxylic acids is 1. The summed E-state index contributed by atoms with van der Waals surface area (Å²) >= 11 is 0. The summed E-state index contributed by atoms with van der Waals surface area (Å²) in [7, 11) is 1.82. The molecule has 1 amide bonds. The second kappa shape index (κ2) is 6.06. The molecule has 2 aromatic heterocycles. The molecule has 0 bridgehead atoms. The number of fused-ring (bicyclic) bond motifs is 1. The second-order valence-corrected chi connectivity index (χ2v) is 7.33. The van der Waals surface area contributed by atoms with E-state index in [1.807, 2.05) is 36.3 Å². The molecule has 2 aliphatic rings. The van der Waals surface area contributed by atoms with Gasteiger partial charge in [-0.25, -0.2) is 4.98 Å². The average molecular weight is 363 g/mol. The van der Waals surface area contributed by atoms with E-state index in [9.17, 15) is 4.79 Å². The van der Waals surface area contributed by atoms with Crippen LogP contribution in [-0.4, -0.2) is 48.8 Å². The molecule has 4 heterocycles. The minimum absolute atomic E-state index is 0.0317. The highest BCUT2D eigenvalue weighted by molar-refractivity contribution is 5.92. The fourth-order valence-electron chi connectivity index (χ4n) is 4.05. The monoisotopic (exact) mass is 363 g/mol. The third kappa shape index (κ3) is 2.75. The molecule has 1 unspecified atom stereocenters. The highest BCUT2D eigenvalue weighted by atomic mass is 16.5. The van der Waals surface area contributed by atoms with E-state index in [1.165, 1.54) is 0 Å². The third-order valence-electron chi connectivity index (χ3n) is 5.50. The maximum absolute atomic E-state index is 12.7. The van der Waals surface area contributed by atoms with Crippen LogP contribution in [0.2, 0.25) is 0 Å². The van der Waals surface area contributed by atoms with Crippen molar-refractivity contribution in [2.45, 2.75) is 25.2 Å². The van der Waals surface area contributed by atoms with Gasteiger partial charge in [-0.05, 0) is 18.1 Å². The van der Waals surface area contributed by atoms with E-state index in [1.54, 1.807) is 16.9 Å². The highest BCUT2D eigenvalue weighted by Crippen LogP contribution is 2.35. The maximum atomic E-state index is 12.7. The summed E-state index contributed by atoms with van der Waals surface area (Å²) in [4.78, 5) is 19.1. The zero-order valence-corrected chi connectivity index (χ0v) is 15.2. The van der Waals surface area contributed by atoms with Crippen LogP contribution in [0.15, 0.2) is 48.8 Å². The van der Waals surface area contributed by atoms with Crippen LogP contribution in [0.4, 0.5) is 0 Å². The van der Waals surface area contributed by atoms with Gasteiger partial charge in [-0.1, -0.05) is 30.3 Å². The minimum Gasteiger partial charge on any atom is -0.363 e. The number of likely N-dealkylation sites (tertiary alicyclic amines) is 1. The van der Waals surface area contributed by atoms with Gasteiger partial charge in [-0.2, -0.15) is 5.10 Å². The van der Waals surface area contributed by atoms with E-state index < -0.39 is 0 Å². The molecule has 2 aliphatic heterocycles. The van der Waals surface area contributed by atoms with Gasteiger partial charge >= 0.3 is 0 Å². The summed E-state index contributed by atoms with van der Waals surface area (Å²) in [6, 6.07) is 12.0. The second-order valence-electron chi connectivity index (χ2n) is 7.33. The van der Waals surface area contributed by atoms with Gasteiger partial charge in [0.2, 0.25) is 0 Å². The largest absolute Gasteiger partial charge is 0.363 e. The topological polar surface area (TPSA) is 65.2 Å². The number of carbonyl (C=O) groups is 1. The molecule has 7 nitrogen and oxygen atoms in total. The number of imidazole rings is 1. The molecule has 5 rings (SSSR count). The molecule has 0 aliphatic carbocycles. The first-order valence-corrected chi connectivity index (χ1v) is 9.16. The Hall–Kier alpha value is -2.93. The molecule has 0 N–H and O–H groups in total. The smallest absolute Gasteiger partial charge is 0.274 e. The van der Waals surface area contributed by atoms with Gasteiger partial charge in [0.1, 0.15) is 23.7 Å². The van der Waals surface area contributed by atoms with Crippen LogP contribution >= 0.6 is 0 Å². The van der Waals surface area contributed by atoms with Crippen molar-refractivity contribution in [3.63, 3.8) is 0 Å². The van der Waals surface area contributed by atoms with Gasteiger partial charge in [0, 0.05) is 19.8 Å². The molecule has 0 radical (unpaired) electrons. The predicted molar refractivity (Wildman–Crippen MR) is 98.9 cm³/mol. The average Bonchev–Trinajstić information content (AvgIpc) is 3.41. The van der Waals surface area contributed by atoms with Crippen LogP contribution in [0.1, 0.15) is 22.7 Å². The van der Waals surface area contributed by atoms with Crippen LogP contribution in [0, 0.1) is 0 Å². The molecule has 1 atom stereocenters. The highest BCUT2D eigenvalue weighted by Gasteiger charge is 2.44. The number of rotatable bonds is 2. The van der Waals surface area contributed by atoms with Crippen molar-refractivity contribution in [2.75, 3.05) is 13.1 Å². The SMILES string of the molecule is Cn1ccc(C(=O)N2CCC3(C2)Cn2c(-c4ccccc4)cnc2CO3)n1. The molecule has 1 fully saturated rings. The van der Waals surface area contributed by atoms with Gasteiger partial charge in [0.25, 0.3) is 5.91 Å². The Morgan fingerprint density at radius 2 is 2.04 bits per heavy atom. The minimum atomic E-state index is -0.359. The maximum Gasteiger partial charge on any atom is 0.274 e. The first-order chi connectivity index (χ1) is 13.1. The fraction of sp³-hybridized carbons (Fsp3) is 0.350. The van der Waals surface area contributed by atoms with Crippen LogP contribution in [0.5, 0.6) is 0 Å². The van der Waals surface area contributed by atoms with Crippen molar-refractivity contribution in [1.29, 1.82) is 0 Å². The van der Waals surface area contributed by atoms with Crippen LogP contribution in [0.25, 0.3) is 11.3 Å². The van der Waals surface area contributed by atoms with E-state index >= 15 is 0 Å². The van der Waals surface area contributed by atoms with Crippen molar-refractivity contribution < 1.29 is 9.53 Å². The Morgan fingerprint density at radius 3 is 2.81 bits per heavy atom. The summed E-state index contributed by atoms with van der Waals surface area (Å²) in [6.45, 7) is 2.44. The zero-order valence-electron chi connectivity index (χ0n) is 15.2. The standard InChI is InChI=1S/C20H21N5O2/c1-23-9-7-16(22-23)19(26)24-10-8-20(13-24)14-25-17(11-21-18(25)12-27-20)15-5-3-2-4-6-15/h2-7,9,11H,8,10,12-14H2,1H3. The first kappa shape index (κ1) is 16.3. The molecular weight excluding hydrogens is 342 g/mol. The van der Waals surface area contributed by atoms with E-state index in [-0.39, 0.29) is 11.5 Å². The Bertz CT molecular complexity index is 993. The lowest BCUT2D eigenvalue weighted by Crippen LogP contribution is -2.45. The first-order valence-electron chi connectivity index (χ1n) is 9.16. The number of hydrogen-bond acceptors (Lipinski definition) is 4. The summed E-state index contributed by atoms with van der Waals surface area (Å²) in [5.74, 6) is 0.907.